The molecule has 0 saturated heterocycles. The Labute approximate surface area is 331 Å². The SMILES string of the molecule is N=C(/C=C(/c1ccccc1)c1cccc2ccc(-c3cc(-c4cccc(-n5c6ccccc6c6ccccc65)c4)nc(-c4ccccc4)n3)cc12)c1ccccc1. The first-order valence-corrected chi connectivity index (χ1v) is 19.2. The van der Waals surface area contributed by atoms with E-state index >= 15 is 0 Å². The summed E-state index contributed by atoms with van der Waals surface area (Å²) in [4.78, 5) is 10.4. The average molecular weight is 729 g/mol. The van der Waals surface area contributed by atoms with Gasteiger partial charge >= 0.3 is 0 Å². The van der Waals surface area contributed by atoms with Crippen molar-refractivity contribution in [3.63, 3.8) is 0 Å². The van der Waals surface area contributed by atoms with Crippen molar-refractivity contribution in [1.29, 1.82) is 5.41 Å². The molecule has 0 atom stereocenters. The van der Waals surface area contributed by atoms with Gasteiger partial charge in [-0.15, -0.1) is 0 Å². The van der Waals surface area contributed by atoms with Crippen LogP contribution in [0.25, 0.3) is 77.7 Å². The van der Waals surface area contributed by atoms with Crippen molar-refractivity contribution in [3.8, 4) is 39.6 Å². The Morgan fingerprint density at radius 1 is 0.439 bits per heavy atom. The Bertz CT molecular complexity index is 3070. The van der Waals surface area contributed by atoms with E-state index in [4.69, 9.17) is 15.4 Å². The van der Waals surface area contributed by atoms with E-state index in [2.05, 4.69) is 156 Å². The number of hydrogen-bond acceptors (Lipinski definition) is 3. The number of rotatable bonds is 8. The Morgan fingerprint density at radius 2 is 1.00 bits per heavy atom. The smallest absolute Gasteiger partial charge is 0.160 e. The number of benzene rings is 8. The van der Waals surface area contributed by atoms with Crippen molar-refractivity contribution < 1.29 is 0 Å². The molecular weight excluding hydrogens is 693 g/mol. The maximum atomic E-state index is 9.10. The van der Waals surface area contributed by atoms with Gasteiger partial charge in [0.15, 0.2) is 5.82 Å². The minimum absolute atomic E-state index is 0.457. The van der Waals surface area contributed by atoms with E-state index in [1.165, 1.54) is 21.8 Å². The number of hydrogen-bond donors (Lipinski definition) is 1. The van der Waals surface area contributed by atoms with Gasteiger partial charge in [0.25, 0.3) is 0 Å². The first-order valence-electron chi connectivity index (χ1n) is 19.2. The maximum Gasteiger partial charge on any atom is 0.160 e. The molecule has 4 nitrogen and oxygen atoms in total. The van der Waals surface area contributed by atoms with Crippen molar-refractivity contribution in [2.75, 3.05) is 0 Å². The molecule has 0 spiro atoms. The Balaban J connectivity index is 1.14. The predicted molar refractivity (Wildman–Crippen MR) is 237 cm³/mol. The van der Waals surface area contributed by atoms with Gasteiger partial charge in [0.05, 0.1) is 28.1 Å². The fourth-order valence-corrected chi connectivity index (χ4v) is 7.91. The van der Waals surface area contributed by atoms with E-state index in [1.807, 2.05) is 60.7 Å². The molecule has 0 bridgehead atoms. The molecule has 8 aromatic carbocycles. The number of fused-ring (bicyclic) bond motifs is 4. The molecule has 0 fully saturated rings. The highest BCUT2D eigenvalue weighted by Gasteiger charge is 2.17. The number of aromatic nitrogens is 3. The van der Waals surface area contributed by atoms with Crippen molar-refractivity contribution in [2.24, 2.45) is 0 Å². The van der Waals surface area contributed by atoms with E-state index in [1.54, 1.807) is 0 Å². The lowest BCUT2D eigenvalue weighted by Gasteiger charge is -2.15. The quantitative estimate of drug-likeness (QED) is 0.158. The summed E-state index contributed by atoms with van der Waals surface area (Å²) in [5.74, 6) is 0.667. The van der Waals surface area contributed by atoms with Crippen LogP contribution in [0.1, 0.15) is 16.7 Å². The Kier molecular flexibility index (Phi) is 8.62. The lowest BCUT2D eigenvalue weighted by molar-refractivity contribution is 1.16. The highest BCUT2D eigenvalue weighted by molar-refractivity contribution is 6.14. The summed E-state index contributed by atoms with van der Waals surface area (Å²) in [5.41, 5.74) is 12.4. The normalized spacial score (nSPS) is 11.7. The molecule has 2 aromatic heterocycles. The van der Waals surface area contributed by atoms with Crippen LogP contribution in [0.4, 0.5) is 0 Å². The molecule has 1 N–H and O–H groups in total. The third kappa shape index (κ3) is 6.39. The molecule has 10 rings (SSSR count). The zero-order valence-corrected chi connectivity index (χ0v) is 31.0. The fourth-order valence-electron chi connectivity index (χ4n) is 7.91. The Hall–Kier alpha value is -7.69. The molecule has 0 aliphatic rings. The highest BCUT2D eigenvalue weighted by Crippen LogP contribution is 2.36. The van der Waals surface area contributed by atoms with Gasteiger partial charge in [0.1, 0.15) is 0 Å². The van der Waals surface area contributed by atoms with E-state index in [0.717, 1.165) is 66.8 Å². The predicted octanol–water partition coefficient (Wildman–Crippen LogP) is 13.2. The van der Waals surface area contributed by atoms with Crippen LogP contribution in [-0.2, 0) is 0 Å². The second kappa shape index (κ2) is 14.5. The lowest BCUT2D eigenvalue weighted by atomic mass is 9.90. The number of para-hydroxylation sites is 2. The average Bonchev–Trinajstić information content (AvgIpc) is 3.63. The van der Waals surface area contributed by atoms with Gasteiger partial charge in [-0.1, -0.05) is 170 Å². The van der Waals surface area contributed by atoms with Crippen molar-refractivity contribution in [2.45, 2.75) is 0 Å². The van der Waals surface area contributed by atoms with E-state index in [9.17, 15) is 0 Å². The molecule has 57 heavy (non-hydrogen) atoms. The fraction of sp³-hybridized carbons (Fsp3) is 0. The molecule has 2 heterocycles. The van der Waals surface area contributed by atoms with Gasteiger partial charge in [-0.2, -0.15) is 0 Å². The van der Waals surface area contributed by atoms with Crippen LogP contribution in [0.3, 0.4) is 0 Å². The summed E-state index contributed by atoms with van der Waals surface area (Å²) in [6, 6.07) is 71.4. The summed E-state index contributed by atoms with van der Waals surface area (Å²) in [6.07, 6.45) is 1.99. The maximum absolute atomic E-state index is 9.10. The molecule has 268 valence electrons. The number of allylic oxidation sites excluding steroid dienone is 1. The van der Waals surface area contributed by atoms with Gasteiger partial charge < -0.3 is 9.98 Å². The Morgan fingerprint density at radius 3 is 1.68 bits per heavy atom. The highest BCUT2D eigenvalue weighted by atomic mass is 15.0. The van der Waals surface area contributed by atoms with Crippen LogP contribution in [0, 0.1) is 5.41 Å². The third-order valence-corrected chi connectivity index (χ3v) is 10.7. The van der Waals surface area contributed by atoms with Gasteiger partial charge in [0.2, 0.25) is 0 Å². The zero-order valence-electron chi connectivity index (χ0n) is 31.0. The third-order valence-electron chi connectivity index (χ3n) is 10.7. The monoisotopic (exact) mass is 728 g/mol. The van der Waals surface area contributed by atoms with E-state index < -0.39 is 0 Å². The van der Waals surface area contributed by atoms with Crippen molar-refractivity contribution in [3.05, 3.63) is 229 Å². The van der Waals surface area contributed by atoms with Crippen LogP contribution in [0.2, 0.25) is 0 Å². The van der Waals surface area contributed by atoms with Crippen LogP contribution < -0.4 is 0 Å². The molecular formula is C53H36N4. The molecule has 0 aliphatic heterocycles. The molecule has 0 unspecified atom stereocenters. The van der Waals surface area contributed by atoms with Crippen LogP contribution in [0.15, 0.2) is 212 Å². The van der Waals surface area contributed by atoms with Gasteiger partial charge in [-0.25, -0.2) is 9.97 Å². The van der Waals surface area contributed by atoms with Gasteiger partial charge in [-0.3, -0.25) is 0 Å². The zero-order chi connectivity index (χ0) is 38.1. The van der Waals surface area contributed by atoms with E-state index in [-0.39, 0.29) is 0 Å². The molecule has 0 amide bonds. The first-order chi connectivity index (χ1) is 28.2. The summed E-state index contributed by atoms with van der Waals surface area (Å²) in [6.45, 7) is 0. The van der Waals surface area contributed by atoms with E-state index in [0.29, 0.717) is 11.5 Å². The number of nitrogens with one attached hydrogen (secondary N) is 1. The van der Waals surface area contributed by atoms with Gasteiger partial charge in [-0.05, 0) is 75.5 Å². The van der Waals surface area contributed by atoms with Crippen LogP contribution in [-0.4, -0.2) is 20.2 Å². The largest absolute Gasteiger partial charge is 0.309 e. The molecule has 10 aromatic rings. The molecule has 0 aliphatic carbocycles. The first kappa shape index (κ1) is 33.8. The minimum atomic E-state index is 0.457. The van der Waals surface area contributed by atoms with Gasteiger partial charge in [0, 0.05) is 33.2 Å². The second-order valence-corrected chi connectivity index (χ2v) is 14.2. The van der Waals surface area contributed by atoms with Crippen LogP contribution >= 0.6 is 0 Å². The lowest BCUT2D eigenvalue weighted by Crippen LogP contribution is -1.99. The van der Waals surface area contributed by atoms with Crippen LogP contribution in [0.5, 0.6) is 0 Å². The minimum Gasteiger partial charge on any atom is -0.309 e. The molecule has 0 radical (unpaired) electrons. The summed E-state index contributed by atoms with van der Waals surface area (Å²) >= 11 is 0. The standard InChI is InChI=1S/C53H36N4/c54-48(38-18-6-2-7-19-38)34-47(36-16-4-1-5-17-36)43-27-15-22-37-30-31-41(33-46(37)43)50-35-49(55-53(56-50)39-20-8-3-9-21-39)40-23-14-24-42(32-40)57-51-28-12-10-25-44(51)45-26-11-13-29-52(45)57/h1-35,54H/b47-34-,54-48?. The summed E-state index contributed by atoms with van der Waals surface area (Å²) in [7, 11) is 0. The summed E-state index contributed by atoms with van der Waals surface area (Å²) < 4.78 is 2.34. The summed E-state index contributed by atoms with van der Waals surface area (Å²) in [5, 5.41) is 13.8. The van der Waals surface area contributed by atoms with Crippen molar-refractivity contribution in [1.82, 2.24) is 14.5 Å². The second-order valence-electron chi connectivity index (χ2n) is 14.2. The topological polar surface area (TPSA) is 54.6 Å². The number of nitrogens with zero attached hydrogens (tertiary/aromatic N) is 3. The van der Waals surface area contributed by atoms with Crippen molar-refractivity contribution >= 4 is 43.9 Å². The molecule has 0 saturated carbocycles. The molecule has 4 heteroatoms.